The van der Waals surface area contributed by atoms with Crippen LogP contribution in [0.2, 0.25) is 0 Å². The highest BCUT2D eigenvalue weighted by Crippen LogP contribution is 2.29. The lowest BCUT2D eigenvalue weighted by atomic mass is 9.83. The Morgan fingerprint density at radius 3 is 2.71 bits per heavy atom. The predicted octanol–water partition coefficient (Wildman–Crippen LogP) is 2.00. The van der Waals surface area contributed by atoms with Crippen LogP contribution >= 0.6 is 0 Å². The van der Waals surface area contributed by atoms with Crippen LogP contribution in [0.3, 0.4) is 0 Å². The summed E-state index contributed by atoms with van der Waals surface area (Å²) in [7, 11) is 0. The van der Waals surface area contributed by atoms with Gasteiger partial charge in [0.05, 0.1) is 6.10 Å². The van der Waals surface area contributed by atoms with Gasteiger partial charge in [-0.1, -0.05) is 19.3 Å². The Bertz CT molecular complexity index is 216. The molecule has 0 aromatic heterocycles. The number of rotatable bonds is 3. The molecule has 2 unspecified atom stereocenters. The standard InChI is InChI=1S/C14H28N2O/c1-12-11-16(8-5-9-17-12)14(10-15)13-6-3-2-4-7-13/h12-14H,2-11,15H2,1H3. The molecule has 0 bridgehead atoms. The van der Waals surface area contributed by atoms with Gasteiger partial charge in [0.25, 0.3) is 0 Å². The van der Waals surface area contributed by atoms with Gasteiger partial charge in [0.1, 0.15) is 0 Å². The molecule has 3 nitrogen and oxygen atoms in total. The summed E-state index contributed by atoms with van der Waals surface area (Å²) in [6.07, 6.45) is 8.53. The summed E-state index contributed by atoms with van der Waals surface area (Å²) in [5, 5.41) is 0. The molecular weight excluding hydrogens is 212 g/mol. The molecule has 1 heterocycles. The van der Waals surface area contributed by atoms with E-state index >= 15 is 0 Å². The monoisotopic (exact) mass is 240 g/mol. The summed E-state index contributed by atoms with van der Waals surface area (Å²) in [4.78, 5) is 2.60. The van der Waals surface area contributed by atoms with Crippen molar-refractivity contribution in [3.05, 3.63) is 0 Å². The first-order valence-corrected chi connectivity index (χ1v) is 7.37. The normalized spacial score (nSPS) is 31.1. The zero-order valence-electron chi connectivity index (χ0n) is 11.2. The van der Waals surface area contributed by atoms with Crippen molar-refractivity contribution in [2.45, 2.75) is 57.6 Å². The van der Waals surface area contributed by atoms with Gasteiger partial charge in [0.15, 0.2) is 0 Å². The lowest BCUT2D eigenvalue weighted by molar-refractivity contribution is 0.0505. The van der Waals surface area contributed by atoms with E-state index in [9.17, 15) is 0 Å². The number of nitrogens with two attached hydrogens (primary N) is 1. The maximum atomic E-state index is 6.05. The minimum atomic E-state index is 0.371. The molecule has 1 saturated heterocycles. The van der Waals surface area contributed by atoms with Crippen LogP contribution in [0.5, 0.6) is 0 Å². The van der Waals surface area contributed by atoms with E-state index in [0.717, 1.165) is 32.0 Å². The van der Waals surface area contributed by atoms with Crippen LogP contribution in [-0.2, 0) is 4.74 Å². The second kappa shape index (κ2) is 6.72. The van der Waals surface area contributed by atoms with Crippen LogP contribution in [-0.4, -0.2) is 43.3 Å². The third kappa shape index (κ3) is 3.67. The summed E-state index contributed by atoms with van der Waals surface area (Å²) < 4.78 is 5.73. The van der Waals surface area contributed by atoms with E-state index in [1.54, 1.807) is 0 Å². The molecule has 3 heteroatoms. The molecule has 0 aromatic rings. The molecule has 0 spiro atoms. The number of hydrogen-bond acceptors (Lipinski definition) is 3. The van der Waals surface area contributed by atoms with E-state index in [0.29, 0.717) is 12.1 Å². The van der Waals surface area contributed by atoms with E-state index in [4.69, 9.17) is 10.5 Å². The molecule has 100 valence electrons. The Labute approximate surface area is 106 Å². The lowest BCUT2D eigenvalue weighted by Gasteiger charge is -2.38. The number of nitrogens with zero attached hydrogens (tertiary/aromatic N) is 1. The molecule has 2 aliphatic rings. The Hall–Kier alpha value is -0.120. The number of hydrogen-bond donors (Lipinski definition) is 1. The van der Waals surface area contributed by atoms with Crippen LogP contribution in [0.4, 0.5) is 0 Å². The van der Waals surface area contributed by atoms with Gasteiger partial charge in [-0.05, 0) is 32.1 Å². The average Bonchev–Trinajstić information content (AvgIpc) is 2.56. The first-order valence-electron chi connectivity index (χ1n) is 7.37. The van der Waals surface area contributed by atoms with Gasteiger partial charge in [-0.15, -0.1) is 0 Å². The lowest BCUT2D eigenvalue weighted by Crippen LogP contribution is -2.48. The molecular formula is C14H28N2O. The first-order chi connectivity index (χ1) is 8.31. The summed E-state index contributed by atoms with van der Waals surface area (Å²) in [6.45, 7) is 6.16. The highest BCUT2D eigenvalue weighted by Gasteiger charge is 2.29. The highest BCUT2D eigenvalue weighted by atomic mass is 16.5. The molecule has 2 atom stereocenters. The highest BCUT2D eigenvalue weighted by molar-refractivity contribution is 4.84. The van der Waals surface area contributed by atoms with Crippen molar-refractivity contribution in [1.82, 2.24) is 4.90 Å². The average molecular weight is 240 g/mol. The van der Waals surface area contributed by atoms with E-state index in [1.165, 1.54) is 38.6 Å². The van der Waals surface area contributed by atoms with Crippen LogP contribution in [0.15, 0.2) is 0 Å². The van der Waals surface area contributed by atoms with Crippen molar-refractivity contribution in [2.75, 3.05) is 26.2 Å². The van der Waals surface area contributed by atoms with Crippen molar-refractivity contribution in [3.8, 4) is 0 Å². The van der Waals surface area contributed by atoms with E-state index in [1.807, 2.05) is 0 Å². The molecule has 1 aliphatic carbocycles. The molecule has 0 amide bonds. The molecule has 2 N–H and O–H groups in total. The van der Waals surface area contributed by atoms with Crippen molar-refractivity contribution in [2.24, 2.45) is 11.7 Å². The van der Waals surface area contributed by atoms with Crippen LogP contribution in [0.1, 0.15) is 45.4 Å². The third-order valence-electron chi connectivity index (χ3n) is 4.39. The van der Waals surface area contributed by atoms with Gasteiger partial charge in [0, 0.05) is 32.3 Å². The summed E-state index contributed by atoms with van der Waals surface area (Å²) in [6, 6.07) is 0.597. The van der Waals surface area contributed by atoms with Crippen molar-refractivity contribution in [1.29, 1.82) is 0 Å². The Morgan fingerprint density at radius 2 is 2.00 bits per heavy atom. The summed E-state index contributed by atoms with van der Waals surface area (Å²) in [5.74, 6) is 0.832. The second-order valence-corrected chi connectivity index (χ2v) is 5.73. The van der Waals surface area contributed by atoms with Gasteiger partial charge in [-0.2, -0.15) is 0 Å². The fourth-order valence-corrected chi connectivity index (χ4v) is 3.49. The minimum absolute atomic E-state index is 0.371. The molecule has 17 heavy (non-hydrogen) atoms. The quantitative estimate of drug-likeness (QED) is 0.820. The minimum Gasteiger partial charge on any atom is -0.377 e. The van der Waals surface area contributed by atoms with Crippen LogP contribution in [0, 0.1) is 5.92 Å². The molecule has 2 fully saturated rings. The summed E-state index contributed by atoms with van der Waals surface area (Å²) >= 11 is 0. The fraction of sp³-hybridized carbons (Fsp3) is 1.00. The van der Waals surface area contributed by atoms with Crippen molar-refractivity contribution >= 4 is 0 Å². The van der Waals surface area contributed by atoms with Gasteiger partial charge >= 0.3 is 0 Å². The molecule has 0 aromatic carbocycles. The maximum Gasteiger partial charge on any atom is 0.0674 e. The Kier molecular flexibility index (Phi) is 5.26. The first kappa shape index (κ1) is 13.3. The molecule has 1 saturated carbocycles. The van der Waals surface area contributed by atoms with Crippen LogP contribution < -0.4 is 5.73 Å². The Morgan fingerprint density at radius 1 is 1.24 bits per heavy atom. The molecule has 0 radical (unpaired) electrons. The smallest absolute Gasteiger partial charge is 0.0674 e. The maximum absolute atomic E-state index is 6.05. The van der Waals surface area contributed by atoms with Crippen LogP contribution in [0.25, 0.3) is 0 Å². The van der Waals surface area contributed by atoms with E-state index < -0.39 is 0 Å². The SMILES string of the molecule is CC1CN(C(CN)C2CCCCC2)CCCO1. The molecule has 1 aliphatic heterocycles. The summed E-state index contributed by atoms with van der Waals surface area (Å²) in [5.41, 5.74) is 6.05. The predicted molar refractivity (Wildman–Crippen MR) is 71.0 cm³/mol. The third-order valence-corrected chi connectivity index (χ3v) is 4.39. The van der Waals surface area contributed by atoms with Crippen molar-refractivity contribution < 1.29 is 4.74 Å². The second-order valence-electron chi connectivity index (χ2n) is 5.73. The van der Waals surface area contributed by atoms with Gasteiger partial charge in [-0.3, -0.25) is 4.90 Å². The zero-order chi connectivity index (χ0) is 12.1. The largest absolute Gasteiger partial charge is 0.377 e. The zero-order valence-corrected chi connectivity index (χ0v) is 11.2. The Balaban J connectivity index is 1.94. The van der Waals surface area contributed by atoms with E-state index in [-0.39, 0.29) is 0 Å². The van der Waals surface area contributed by atoms with Gasteiger partial charge in [0.2, 0.25) is 0 Å². The van der Waals surface area contributed by atoms with Gasteiger partial charge < -0.3 is 10.5 Å². The molecule has 2 rings (SSSR count). The van der Waals surface area contributed by atoms with Gasteiger partial charge in [-0.25, -0.2) is 0 Å². The van der Waals surface area contributed by atoms with Crippen molar-refractivity contribution in [3.63, 3.8) is 0 Å². The topological polar surface area (TPSA) is 38.5 Å². The van der Waals surface area contributed by atoms with E-state index in [2.05, 4.69) is 11.8 Å². The number of ether oxygens (including phenoxy) is 1. The fourth-order valence-electron chi connectivity index (χ4n) is 3.49.